The van der Waals surface area contributed by atoms with E-state index in [1.807, 2.05) is 29.2 Å². The smallest absolute Gasteiger partial charge is 0.329 e. The quantitative estimate of drug-likeness (QED) is 0.536. The van der Waals surface area contributed by atoms with Gasteiger partial charge < -0.3 is 15.6 Å². The molecular formula is C16H17N7O3. The van der Waals surface area contributed by atoms with Gasteiger partial charge in [0.25, 0.3) is 0 Å². The number of hydrogen-bond acceptors (Lipinski definition) is 7. The number of rotatable bonds is 3. The van der Waals surface area contributed by atoms with Crippen LogP contribution in [-0.4, -0.2) is 37.5 Å². The number of imidazole rings is 1. The fourth-order valence-corrected chi connectivity index (χ4v) is 3.43. The minimum absolute atomic E-state index is 0.0743. The molecule has 1 aromatic carbocycles. The van der Waals surface area contributed by atoms with E-state index >= 15 is 0 Å². The standard InChI is InChI=1S/C16H17N7O3/c17-14-13(23(25)26)9-18-15(20-14)21-7-5-10(6-8-21)22-12-4-2-1-3-11(12)19-16(22)24/h1-4,9-10H,5-8H2,(H,19,24)(H2,17,18,20). The van der Waals surface area contributed by atoms with Crippen LogP contribution in [-0.2, 0) is 0 Å². The Labute approximate surface area is 147 Å². The number of H-pyrrole nitrogens is 1. The molecule has 10 nitrogen and oxygen atoms in total. The number of fused-ring (bicyclic) bond motifs is 1. The summed E-state index contributed by atoms with van der Waals surface area (Å²) >= 11 is 0. The number of para-hydroxylation sites is 2. The van der Waals surface area contributed by atoms with Crippen LogP contribution in [0.2, 0.25) is 0 Å². The van der Waals surface area contributed by atoms with Gasteiger partial charge in [-0.1, -0.05) is 12.1 Å². The number of nitrogen functional groups attached to an aromatic ring is 1. The molecule has 2 aromatic heterocycles. The zero-order valence-corrected chi connectivity index (χ0v) is 13.8. The Hall–Kier alpha value is -3.43. The number of aromatic nitrogens is 4. The van der Waals surface area contributed by atoms with Gasteiger partial charge in [0, 0.05) is 19.1 Å². The first kappa shape index (κ1) is 16.1. The first-order chi connectivity index (χ1) is 12.5. The van der Waals surface area contributed by atoms with Crippen LogP contribution in [0.4, 0.5) is 17.5 Å². The van der Waals surface area contributed by atoms with E-state index in [2.05, 4.69) is 15.0 Å². The number of nitro groups is 1. The van der Waals surface area contributed by atoms with Crippen LogP contribution in [0.3, 0.4) is 0 Å². The number of anilines is 2. The lowest BCUT2D eigenvalue weighted by Crippen LogP contribution is -2.38. The van der Waals surface area contributed by atoms with E-state index in [0.29, 0.717) is 19.0 Å². The third kappa shape index (κ3) is 2.65. The Bertz CT molecular complexity index is 1030. The SMILES string of the molecule is Nc1nc(N2CCC(n3c(=O)[nH]c4ccccc43)CC2)ncc1[N+](=O)[O-]. The highest BCUT2D eigenvalue weighted by molar-refractivity contribution is 5.75. The van der Waals surface area contributed by atoms with Crippen LogP contribution in [0.5, 0.6) is 0 Å². The van der Waals surface area contributed by atoms with E-state index in [1.54, 1.807) is 4.57 Å². The van der Waals surface area contributed by atoms with Gasteiger partial charge in [0.1, 0.15) is 6.20 Å². The van der Waals surface area contributed by atoms with Gasteiger partial charge in [-0.15, -0.1) is 0 Å². The zero-order chi connectivity index (χ0) is 18.3. The van der Waals surface area contributed by atoms with E-state index in [0.717, 1.165) is 30.1 Å². The van der Waals surface area contributed by atoms with Gasteiger partial charge in [0.05, 0.1) is 16.0 Å². The maximum atomic E-state index is 12.3. The highest BCUT2D eigenvalue weighted by Crippen LogP contribution is 2.28. The number of nitrogens with zero attached hydrogens (tertiary/aromatic N) is 5. The number of nitrogens with two attached hydrogens (primary N) is 1. The number of piperidine rings is 1. The second kappa shape index (κ2) is 6.14. The van der Waals surface area contributed by atoms with Crippen LogP contribution in [0.1, 0.15) is 18.9 Å². The molecule has 1 aliphatic rings. The van der Waals surface area contributed by atoms with Crippen LogP contribution < -0.4 is 16.3 Å². The second-order valence-electron chi connectivity index (χ2n) is 6.23. The molecule has 0 atom stereocenters. The summed E-state index contributed by atoms with van der Waals surface area (Å²) in [6, 6.07) is 7.69. The normalized spacial score (nSPS) is 15.5. The molecule has 3 heterocycles. The molecule has 0 saturated carbocycles. The van der Waals surface area contributed by atoms with Crippen LogP contribution in [0.15, 0.2) is 35.3 Å². The van der Waals surface area contributed by atoms with Crippen molar-refractivity contribution in [3.63, 3.8) is 0 Å². The molecule has 1 fully saturated rings. The molecule has 10 heteroatoms. The molecule has 26 heavy (non-hydrogen) atoms. The predicted octanol–water partition coefficient (Wildman–Crippen LogP) is 1.45. The maximum absolute atomic E-state index is 12.3. The van der Waals surface area contributed by atoms with Gasteiger partial charge in [-0.2, -0.15) is 4.98 Å². The lowest BCUT2D eigenvalue weighted by molar-refractivity contribution is -0.384. The Kier molecular flexibility index (Phi) is 3.79. The summed E-state index contributed by atoms with van der Waals surface area (Å²) < 4.78 is 1.80. The van der Waals surface area contributed by atoms with Crippen molar-refractivity contribution in [1.82, 2.24) is 19.5 Å². The molecule has 3 N–H and O–H groups in total. The van der Waals surface area contributed by atoms with Crippen molar-refractivity contribution in [2.75, 3.05) is 23.7 Å². The van der Waals surface area contributed by atoms with Crippen LogP contribution in [0.25, 0.3) is 11.0 Å². The van der Waals surface area contributed by atoms with E-state index in [9.17, 15) is 14.9 Å². The molecule has 1 saturated heterocycles. The minimum Gasteiger partial charge on any atom is -0.378 e. The van der Waals surface area contributed by atoms with Crippen molar-refractivity contribution in [3.8, 4) is 0 Å². The van der Waals surface area contributed by atoms with Gasteiger partial charge in [-0.25, -0.2) is 9.78 Å². The topological polar surface area (TPSA) is 136 Å². The van der Waals surface area contributed by atoms with Gasteiger partial charge >= 0.3 is 11.4 Å². The Balaban J connectivity index is 1.54. The molecular weight excluding hydrogens is 338 g/mol. The molecule has 0 unspecified atom stereocenters. The summed E-state index contributed by atoms with van der Waals surface area (Å²) in [5.41, 5.74) is 6.96. The highest BCUT2D eigenvalue weighted by atomic mass is 16.6. The molecule has 134 valence electrons. The molecule has 4 rings (SSSR count). The van der Waals surface area contributed by atoms with Crippen molar-refractivity contribution in [1.29, 1.82) is 0 Å². The monoisotopic (exact) mass is 355 g/mol. The largest absolute Gasteiger partial charge is 0.378 e. The highest BCUT2D eigenvalue weighted by Gasteiger charge is 2.26. The second-order valence-corrected chi connectivity index (χ2v) is 6.23. The van der Waals surface area contributed by atoms with Gasteiger partial charge in [0.15, 0.2) is 0 Å². The Morgan fingerprint density at radius 1 is 1.27 bits per heavy atom. The maximum Gasteiger partial charge on any atom is 0.329 e. The van der Waals surface area contributed by atoms with Gasteiger partial charge in [-0.05, 0) is 25.0 Å². The van der Waals surface area contributed by atoms with Crippen LogP contribution in [0, 0.1) is 10.1 Å². The minimum atomic E-state index is -0.602. The summed E-state index contributed by atoms with van der Waals surface area (Å²) in [7, 11) is 0. The summed E-state index contributed by atoms with van der Waals surface area (Å²) in [5, 5.41) is 10.8. The Morgan fingerprint density at radius 3 is 2.69 bits per heavy atom. The number of benzene rings is 1. The summed E-state index contributed by atoms with van der Waals surface area (Å²) in [6.07, 6.45) is 2.61. The van der Waals surface area contributed by atoms with Crippen molar-refractivity contribution in [3.05, 3.63) is 51.1 Å². The first-order valence-electron chi connectivity index (χ1n) is 8.25. The van der Waals surface area contributed by atoms with E-state index in [-0.39, 0.29) is 23.2 Å². The van der Waals surface area contributed by atoms with Crippen molar-refractivity contribution < 1.29 is 4.92 Å². The average Bonchev–Trinajstić information content (AvgIpc) is 2.97. The van der Waals surface area contributed by atoms with Crippen LogP contribution >= 0.6 is 0 Å². The molecule has 0 spiro atoms. The van der Waals surface area contributed by atoms with Crippen molar-refractivity contribution in [2.24, 2.45) is 0 Å². The Morgan fingerprint density at radius 2 is 2.00 bits per heavy atom. The summed E-state index contributed by atoms with van der Waals surface area (Å²) in [4.78, 5) is 35.5. The fourth-order valence-electron chi connectivity index (χ4n) is 3.43. The lowest BCUT2D eigenvalue weighted by atomic mass is 10.0. The third-order valence-corrected chi connectivity index (χ3v) is 4.72. The summed E-state index contributed by atoms with van der Waals surface area (Å²) in [5.74, 6) is 0.229. The number of hydrogen-bond donors (Lipinski definition) is 2. The predicted molar refractivity (Wildman–Crippen MR) is 96.1 cm³/mol. The van der Waals surface area contributed by atoms with E-state index in [1.165, 1.54) is 0 Å². The van der Waals surface area contributed by atoms with Gasteiger partial charge in [-0.3, -0.25) is 14.7 Å². The lowest BCUT2D eigenvalue weighted by Gasteiger charge is -2.32. The van der Waals surface area contributed by atoms with Crippen molar-refractivity contribution >= 4 is 28.5 Å². The zero-order valence-electron chi connectivity index (χ0n) is 13.8. The summed E-state index contributed by atoms with van der Waals surface area (Å²) in [6.45, 7) is 1.27. The fraction of sp³-hybridized carbons (Fsp3) is 0.312. The molecule has 0 amide bonds. The molecule has 0 aliphatic carbocycles. The van der Waals surface area contributed by atoms with E-state index in [4.69, 9.17) is 5.73 Å². The number of aromatic amines is 1. The molecule has 0 radical (unpaired) electrons. The van der Waals surface area contributed by atoms with Crippen molar-refractivity contribution in [2.45, 2.75) is 18.9 Å². The number of nitrogens with one attached hydrogen (secondary N) is 1. The van der Waals surface area contributed by atoms with E-state index < -0.39 is 4.92 Å². The molecule has 1 aliphatic heterocycles. The molecule has 3 aromatic rings. The first-order valence-corrected chi connectivity index (χ1v) is 8.25. The van der Waals surface area contributed by atoms with Gasteiger partial charge in [0.2, 0.25) is 11.8 Å². The molecule has 0 bridgehead atoms. The third-order valence-electron chi connectivity index (χ3n) is 4.72. The average molecular weight is 355 g/mol.